The van der Waals surface area contributed by atoms with Crippen molar-refractivity contribution in [1.29, 1.82) is 0 Å². The van der Waals surface area contributed by atoms with Crippen molar-refractivity contribution >= 4 is 16.3 Å². The molecule has 0 aliphatic carbocycles. The maximum atomic E-state index is 5.55. The molecule has 0 aliphatic rings. The largest absolute Gasteiger partial charge is 0.497 e. The lowest BCUT2D eigenvalue weighted by molar-refractivity contribution is 0.414. The highest BCUT2D eigenvalue weighted by molar-refractivity contribution is 7.16. The maximum absolute atomic E-state index is 5.55. The summed E-state index contributed by atoms with van der Waals surface area (Å²) in [5.41, 5.74) is 6.70. The van der Waals surface area contributed by atoms with Gasteiger partial charge in [0.1, 0.15) is 10.8 Å². The molecule has 0 atom stereocenters. The molecule has 2 aromatic heterocycles. The van der Waals surface area contributed by atoms with E-state index in [4.69, 9.17) is 10.5 Å². The molecule has 0 saturated carbocycles. The van der Waals surface area contributed by atoms with E-state index in [0.29, 0.717) is 13.0 Å². The minimum Gasteiger partial charge on any atom is -0.497 e. The van der Waals surface area contributed by atoms with Crippen LogP contribution in [0.2, 0.25) is 0 Å². The average molecular weight is 289 g/mol. The minimum atomic E-state index is 0.595. The van der Waals surface area contributed by atoms with Gasteiger partial charge in [-0.3, -0.25) is 0 Å². The van der Waals surface area contributed by atoms with Gasteiger partial charge in [-0.25, -0.2) is 0 Å². The Kier molecular flexibility index (Phi) is 3.62. The van der Waals surface area contributed by atoms with Gasteiger partial charge in [-0.2, -0.15) is 9.61 Å². The third kappa shape index (κ3) is 2.50. The molecular formula is C13H15N5OS. The monoisotopic (exact) mass is 289 g/mol. The number of nitrogens with two attached hydrogens (primary N) is 1. The van der Waals surface area contributed by atoms with Crippen LogP contribution in [0.15, 0.2) is 24.3 Å². The van der Waals surface area contributed by atoms with Crippen molar-refractivity contribution in [1.82, 2.24) is 19.8 Å². The Labute approximate surface area is 120 Å². The summed E-state index contributed by atoms with van der Waals surface area (Å²) < 4.78 is 6.95. The zero-order chi connectivity index (χ0) is 13.9. The molecule has 7 heteroatoms. The summed E-state index contributed by atoms with van der Waals surface area (Å²) in [6, 6.07) is 7.92. The third-order valence-electron chi connectivity index (χ3n) is 2.98. The predicted octanol–water partition coefficient (Wildman–Crippen LogP) is 1.29. The smallest absolute Gasteiger partial charge is 0.234 e. The van der Waals surface area contributed by atoms with Gasteiger partial charge in [0, 0.05) is 12.8 Å². The molecule has 104 valence electrons. The van der Waals surface area contributed by atoms with Crippen LogP contribution < -0.4 is 10.5 Å². The minimum absolute atomic E-state index is 0.595. The fourth-order valence-corrected chi connectivity index (χ4v) is 2.83. The van der Waals surface area contributed by atoms with Gasteiger partial charge in [0.25, 0.3) is 0 Å². The number of nitrogens with zero attached hydrogens (tertiary/aromatic N) is 4. The summed E-state index contributed by atoms with van der Waals surface area (Å²) in [4.78, 5) is 0.817. The van der Waals surface area contributed by atoms with Gasteiger partial charge in [-0.05, 0) is 24.2 Å². The van der Waals surface area contributed by atoms with Crippen LogP contribution in [0, 0.1) is 0 Å². The highest BCUT2D eigenvalue weighted by Gasteiger charge is 2.11. The van der Waals surface area contributed by atoms with E-state index in [0.717, 1.165) is 33.5 Å². The molecule has 0 spiro atoms. The van der Waals surface area contributed by atoms with Crippen molar-refractivity contribution in [3.63, 3.8) is 0 Å². The standard InChI is InChI=1S/C13H15N5OS/c1-19-10-4-2-9(3-5-10)8-11-15-16-13-18(11)17-12(20-13)6-7-14/h2-5H,6-8,14H2,1H3. The quantitative estimate of drug-likeness (QED) is 0.765. The molecule has 0 aliphatic heterocycles. The van der Waals surface area contributed by atoms with Gasteiger partial charge in [-0.1, -0.05) is 23.5 Å². The summed E-state index contributed by atoms with van der Waals surface area (Å²) in [6.45, 7) is 0.595. The molecule has 1 aromatic carbocycles. The second kappa shape index (κ2) is 5.56. The fraction of sp³-hybridized carbons (Fsp3) is 0.308. The number of hydrogen-bond donors (Lipinski definition) is 1. The van der Waals surface area contributed by atoms with E-state index in [1.807, 2.05) is 24.3 Å². The summed E-state index contributed by atoms with van der Waals surface area (Å²) in [7, 11) is 1.66. The molecule has 0 amide bonds. The number of rotatable bonds is 5. The molecule has 3 aromatic rings. The first-order valence-electron chi connectivity index (χ1n) is 6.33. The normalized spacial score (nSPS) is 11.1. The van der Waals surface area contributed by atoms with Crippen LogP contribution in [0.4, 0.5) is 0 Å². The van der Waals surface area contributed by atoms with Crippen LogP contribution in [0.25, 0.3) is 4.96 Å². The Balaban J connectivity index is 1.85. The highest BCUT2D eigenvalue weighted by Crippen LogP contribution is 2.17. The third-order valence-corrected chi connectivity index (χ3v) is 3.94. The maximum Gasteiger partial charge on any atom is 0.234 e. The van der Waals surface area contributed by atoms with Crippen molar-refractivity contribution in [3.05, 3.63) is 40.7 Å². The van der Waals surface area contributed by atoms with E-state index < -0.39 is 0 Å². The lowest BCUT2D eigenvalue weighted by atomic mass is 10.1. The van der Waals surface area contributed by atoms with E-state index in [9.17, 15) is 0 Å². The lowest BCUT2D eigenvalue weighted by Gasteiger charge is -2.01. The number of ether oxygens (including phenoxy) is 1. The predicted molar refractivity (Wildman–Crippen MR) is 77.2 cm³/mol. The molecule has 0 saturated heterocycles. The van der Waals surface area contributed by atoms with Crippen molar-refractivity contribution in [3.8, 4) is 5.75 Å². The van der Waals surface area contributed by atoms with Crippen LogP contribution in [-0.2, 0) is 12.8 Å². The molecule has 6 nitrogen and oxygen atoms in total. The van der Waals surface area contributed by atoms with E-state index in [1.54, 1.807) is 11.6 Å². The number of aromatic nitrogens is 4. The zero-order valence-corrected chi connectivity index (χ0v) is 11.9. The highest BCUT2D eigenvalue weighted by atomic mass is 32.1. The molecule has 0 bridgehead atoms. The average Bonchev–Trinajstić information content (AvgIpc) is 3.02. The van der Waals surface area contributed by atoms with Gasteiger partial charge < -0.3 is 10.5 Å². The first kappa shape index (κ1) is 13.0. The molecule has 0 unspecified atom stereocenters. The van der Waals surface area contributed by atoms with Gasteiger partial charge in [-0.15, -0.1) is 10.2 Å². The van der Waals surface area contributed by atoms with Gasteiger partial charge in [0.2, 0.25) is 4.96 Å². The van der Waals surface area contributed by atoms with Crippen molar-refractivity contribution in [2.24, 2.45) is 5.73 Å². The van der Waals surface area contributed by atoms with Gasteiger partial charge >= 0.3 is 0 Å². The lowest BCUT2D eigenvalue weighted by Crippen LogP contribution is -2.04. The Bertz CT molecular complexity index is 703. The van der Waals surface area contributed by atoms with Crippen LogP contribution in [0.3, 0.4) is 0 Å². The summed E-state index contributed by atoms with van der Waals surface area (Å²) >= 11 is 1.54. The zero-order valence-electron chi connectivity index (χ0n) is 11.1. The molecule has 20 heavy (non-hydrogen) atoms. The number of hydrogen-bond acceptors (Lipinski definition) is 6. The molecular weight excluding hydrogens is 274 g/mol. The Morgan fingerprint density at radius 1 is 1.25 bits per heavy atom. The molecule has 0 fully saturated rings. The molecule has 2 heterocycles. The second-order valence-corrected chi connectivity index (χ2v) is 5.41. The number of fused-ring (bicyclic) bond motifs is 1. The molecule has 0 radical (unpaired) electrons. The first-order valence-corrected chi connectivity index (χ1v) is 7.15. The first-order chi connectivity index (χ1) is 9.80. The number of benzene rings is 1. The Hall–Kier alpha value is -1.99. The van der Waals surface area contributed by atoms with Crippen LogP contribution in [0.1, 0.15) is 16.4 Å². The molecule has 3 rings (SSSR count). The van der Waals surface area contributed by atoms with Crippen molar-refractivity contribution in [2.45, 2.75) is 12.8 Å². The van der Waals surface area contributed by atoms with Gasteiger partial charge in [0.05, 0.1) is 7.11 Å². The summed E-state index contributed by atoms with van der Waals surface area (Å²) in [5, 5.41) is 13.8. The van der Waals surface area contributed by atoms with Gasteiger partial charge in [0.15, 0.2) is 5.82 Å². The van der Waals surface area contributed by atoms with Crippen LogP contribution >= 0.6 is 11.3 Å². The molecule has 2 N–H and O–H groups in total. The van der Waals surface area contributed by atoms with E-state index in [1.165, 1.54) is 11.3 Å². The van der Waals surface area contributed by atoms with Crippen molar-refractivity contribution < 1.29 is 4.74 Å². The van der Waals surface area contributed by atoms with E-state index in [-0.39, 0.29) is 0 Å². The second-order valence-electron chi connectivity index (χ2n) is 4.37. The van der Waals surface area contributed by atoms with Crippen molar-refractivity contribution in [2.75, 3.05) is 13.7 Å². The van der Waals surface area contributed by atoms with Crippen LogP contribution in [-0.4, -0.2) is 33.5 Å². The van der Waals surface area contributed by atoms with E-state index in [2.05, 4.69) is 15.3 Å². The Morgan fingerprint density at radius 2 is 2.05 bits per heavy atom. The van der Waals surface area contributed by atoms with E-state index >= 15 is 0 Å². The van der Waals surface area contributed by atoms with Crippen LogP contribution in [0.5, 0.6) is 5.75 Å². The Morgan fingerprint density at radius 3 is 2.75 bits per heavy atom. The SMILES string of the molecule is COc1ccc(Cc2nnc3sc(CCN)nn23)cc1. The number of methoxy groups -OCH3 is 1. The summed E-state index contributed by atoms with van der Waals surface area (Å²) in [5.74, 6) is 1.68. The summed E-state index contributed by atoms with van der Waals surface area (Å²) in [6.07, 6.45) is 1.47. The topological polar surface area (TPSA) is 78.3 Å². The fourth-order valence-electron chi connectivity index (χ4n) is 1.96.